The first kappa shape index (κ1) is 10.7. The Morgan fingerprint density at radius 1 is 1.38 bits per heavy atom. The van der Waals surface area contributed by atoms with E-state index in [1.807, 2.05) is 0 Å². The fourth-order valence-corrected chi connectivity index (χ4v) is 1.46. The summed E-state index contributed by atoms with van der Waals surface area (Å²) in [7, 11) is 0. The van der Waals surface area contributed by atoms with Crippen LogP contribution in [0.15, 0.2) is 0 Å². The van der Waals surface area contributed by atoms with Crippen LogP contribution in [0.3, 0.4) is 0 Å². The third-order valence-electron chi connectivity index (χ3n) is 2.18. The second-order valence-electron chi connectivity index (χ2n) is 3.51. The molecule has 0 fully saturated rings. The van der Waals surface area contributed by atoms with E-state index in [1.165, 1.54) is 0 Å². The number of nitrogens with zero attached hydrogens (tertiary/aromatic N) is 2. The molecule has 3 nitrogen and oxygen atoms in total. The number of anilines is 1. The minimum atomic E-state index is 0.473. The lowest BCUT2D eigenvalue weighted by Gasteiger charge is -2.15. The maximum Gasteiger partial charge on any atom is 0.186 e. The molecule has 1 rings (SSSR count). The first-order valence-corrected chi connectivity index (χ1v) is 5.44. The lowest BCUT2D eigenvalue weighted by molar-refractivity contribution is 0.439. The Morgan fingerprint density at radius 2 is 2.08 bits per heavy atom. The Balaban J connectivity index is 2.39. The van der Waals surface area contributed by atoms with Crippen LogP contribution < -0.4 is 5.32 Å². The molecule has 0 aliphatic heterocycles. The summed E-state index contributed by atoms with van der Waals surface area (Å²) in [5.74, 6) is 1.98. The van der Waals surface area contributed by atoms with Crippen LogP contribution in [0, 0.1) is 11.8 Å². The van der Waals surface area contributed by atoms with E-state index < -0.39 is 0 Å². The molecule has 1 atom stereocenters. The van der Waals surface area contributed by atoms with Gasteiger partial charge in [-0.3, -0.25) is 0 Å². The highest BCUT2D eigenvalue weighted by molar-refractivity contribution is 6.99. The van der Waals surface area contributed by atoms with Crippen molar-refractivity contribution in [3.05, 3.63) is 5.15 Å². The molecule has 0 bridgehead atoms. The molecule has 0 aromatic carbocycles. The summed E-state index contributed by atoms with van der Waals surface area (Å²) in [6.45, 7) is 7.49. The van der Waals surface area contributed by atoms with Gasteiger partial charge in [0.1, 0.15) is 0 Å². The maximum absolute atomic E-state index is 5.78. The van der Waals surface area contributed by atoms with Gasteiger partial charge < -0.3 is 5.32 Å². The minimum Gasteiger partial charge on any atom is -0.366 e. The molecule has 0 amide bonds. The number of halogens is 1. The van der Waals surface area contributed by atoms with Gasteiger partial charge in [-0.05, 0) is 11.8 Å². The molecule has 74 valence electrons. The standard InChI is InChI=1S/C8H14ClN3S/c1-5(2)6(3)4-10-8-7(9)11-13-12-8/h5-6H,4H2,1-3H3,(H,10,12). The Morgan fingerprint density at radius 3 is 2.54 bits per heavy atom. The van der Waals surface area contributed by atoms with E-state index in [0.29, 0.717) is 22.8 Å². The SMILES string of the molecule is CC(C)C(C)CNc1nsnc1Cl. The average molecular weight is 220 g/mol. The second kappa shape index (κ2) is 4.77. The second-order valence-corrected chi connectivity index (χ2v) is 4.39. The number of hydrogen-bond donors (Lipinski definition) is 1. The van der Waals surface area contributed by atoms with E-state index in [-0.39, 0.29) is 0 Å². The Bertz CT molecular complexity index is 262. The molecule has 13 heavy (non-hydrogen) atoms. The largest absolute Gasteiger partial charge is 0.366 e. The lowest BCUT2D eigenvalue weighted by Crippen LogP contribution is -2.16. The average Bonchev–Trinajstić information content (AvgIpc) is 2.47. The van der Waals surface area contributed by atoms with E-state index >= 15 is 0 Å². The van der Waals surface area contributed by atoms with Gasteiger partial charge in [0, 0.05) is 6.54 Å². The van der Waals surface area contributed by atoms with Gasteiger partial charge in [-0.25, -0.2) is 0 Å². The Hall–Kier alpha value is -0.350. The summed E-state index contributed by atoms with van der Waals surface area (Å²) in [6.07, 6.45) is 0. The van der Waals surface area contributed by atoms with E-state index in [0.717, 1.165) is 18.3 Å². The molecule has 0 saturated carbocycles. The van der Waals surface area contributed by atoms with Crippen molar-refractivity contribution in [1.82, 2.24) is 8.75 Å². The zero-order valence-corrected chi connectivity index (χ0v) is 9.61. The highest BCUT2D eigenvalue weighted by Crippen LogP contribution is 2.19. The van der Waals surface area contributed by atoms with Gasteiger partial charge in [-0.2, -0.15) is 8.75 Å². The third kappa shape index (κ3) is 3.12. The molecule has 1 unspecified atom stereocenters. The molecule has 1 heterocycles. The van der Waals surface area contributed by atoms with Crippen molar-refractivity contribution in [2.45, 2.75) is 20.8 Å². The van der Waals surface area contributed by atoms with Crippen molar-refractivity contribution in [2.75, 3.05) is 11.9 Å². The number of hydrogen-bond acceptors (Lipinski definition) is 4. The van der Waals surface area contributed by atoms with Crippen LogP contribution >= 0.6 is 23.3 Å². The minimum absolute atomic E-state index is 0.473. The van der Waals surface area contributed by atoms with E-state index in [9.17, 15) is 0 Å². The van der Waals surface area contributed by atoms with E-state index in [1.54, 1.807) is 0 Å². The van der Waals surface area contributed by atoms with Gasteiger partial charge in [0.15, 0.2) is 11.0 Å². The predicted molar refractivity (Wildman–Crippen MR) is 57.4 cm³/mol. The molecule has 0 saturated heterocycles. The van der Waals surface area contributed by atoms with Crippen LogP contribution in [-0.2, 0) is 0 Å². The van der Waals surface area contributed by atoms with E-state index in [4.69, 9.17) is 11.6 Å². The van der Waals surface area contributed by atoms with Crippen LogP contribution in [0.5, 0.6) is 0 Å². The van der Waals surface area contributed by atoms with Crippen molar-refractivity contribution in [1.29, 1.82) is 0 Å². The predicted octanol–water partition coefficient (Wildman–Crippen LogP) is 2.90. The molecule has 0 aliphatic carbocycles. The van der Waals surface area contributed by atoms with Crippen molar-refractivity contribution in [2.24, 2.45) is 11.8 Å². The van der Waals surface area contributed by atoms with Gasteiger partial charge in [-0.1, -0.05) is 32.4 Å². The monoisotopic (exact) mass is 219 g/mol. The zero-order chi connectivity index (χ0) is 9.84. The van der Waals surface area contributed by atoms with Crippen LogP contribution in [0.25, 0.3) is 0 Å². The van der Waals surface area contributed by atoms with Crippen LogP contribution in [0.2, 0.25) is 5.15 Å². The molecular weight excluding hydrogens is 206 g/mol. The zero-order valence-electron chi connectivity index (χ0n) is 8.04. The van der Waals surface area contributed by atoms with Crippen LogP contribution in [-0.4, -0.2) is 15.3 Å². The summed E-state index contributed by atoms with van der Waals surface area (Å²) < 4.78 is 7.91. The van der Waals surface area contributed by atoms with Crippen molar-refractivity contribution in [3.63, 3.8) is 0 Å². The Kier molecular flexibility index (Phi) is 3.93. The topological polar surface area (TPSA) is 37.8 Å². The molecule has 1 N–H and O–H groups in total. The highest BCUT2D eigenvalue weighted by atomic mass is 35.5. The first-order chi connectivity index (χ1) is 6.11. The van der Waals surface area contributed by atoms with Gasteiger partial charge in [0.25, 0.3) is 0 Å². The summed E-state index contributed by atoms with van der Waals surface area (Å²) in [4.78, 5) is 0. The lowest BCUT2D eigenvalue weighted by atomic mass is 9.98. The van der Waals surface area contributed by atoms with Crippen LogP contribution in [0.1, 0.15) is 20.8 Å². The van der Waals surface area contributed by atoms with Crippen molar-refractivity contribution >= 4 is 29.1 Å². The molecule has 0 spiro atoms. The summed E-state index contributed by atoms with van der Waals surface area (Å²) in [6, 6.07) is 0. The fourth-order valence-electron chi connectivity index (χ4n) is 0.777. The van der Waals surface area contributed by atoms with E-state index in [2.05, 4.69) is 34.8 Å². The number of nitrogens with one attached hydrogen (secondary N) is 1. The number of aromatic nitrogens is 2. The molecule has 0 radical (unpaired) electrons. The van der Waals surface area contributed by atoms with Gasteiger partial charge >= 0.3 is 0 Å². The smallest absolute Gasteiger partial charge is 0.186 e. The quantitative estimate of drug-likeness (QED) is 0.846. The highest BCUT2D eigenvalue weighted by Gasteiger charge is 2.09. The Labute approximate surface area is 87.8 Å². The van der Waals surface area contributed by atoms with Gasteiger partial charge in [0.05, 0.1) is 11.7 Å². The van der Waals surface area contributed by atoms with Crippen LogP contribution in [0.4, 0.5) is 5.82 Å². The van der Waals surface area contributed by atoms with Crippen molar-refractivity contribution in [3.8, 4) is 0 Å². The molecular formula is C8H14ClN3S. The third-order valence-corrected chi connectivity index (χ3v) is 3.07. The first-order valence-electron chi connectivity index (χ1n) is 4.33. The molecule has 5 heteroatoms. The number of rotatable bonds is 4. The summed E-state index contributed by atoms with van der Waals surface area (Å²) >= 11 is 6.91. The maximum atomic E-state index is 5.78. The molecule has 1 aromatic heterocycles. The molecule has 0 aliphatic rings. The molecule has 1 aromatic rings. The van der Waals surface area contributed by atoms with Gasteiger partial charge in [-0.15, -0.1) is 0 Å². The summed E-state index contributed by atoms with van der Waals surface area (Å²) in [5.41, 5.74) is 0. The van der Waals surface area contributed by atoms with Gasteiger partial charge in [0.2, 0.25) is 0 Å². The normalized spacial score (nSPS) is 13.3. The summed E-state index contributed by atoms with van der Waals surface area (Å²) in [5, 5.41) is 3.65. The van der Waals surface area contributed by atoms with Crippen molar-refractivity contribution < 1.29 is 0 Å². The fraction of sp³-hybridized carbons (Fsp3) is 0.750.